The number of nitrogens with one attached hydrogen (secondary N) is 2. The van der Waals surface area contributed by atoms with Crippen molar-refractivity contribution in [2.24, 2.45) is 5.92 Å². The molecule has 1 aliphatic carbocycles. The average Bonchev–Trinajstić information content (AvgIpc) is 2.40. The molecule has 0 spiro atoms. The van der Waals surface area contributed by atoms with Gasteiger partial charge in [-0.2, -0.15) is 0 Å². The van der Waals surface area contributed by atoms with E-state index in [-0.39, 0.29) is 17.5 Å². The van der Waals surface area contributed by atoms with Gasteiger partial charge >= 0.3 is 0 Å². The van der Waals surface area contributed by atoms with Crippen LogP contribution in [0.3, 0.4) is 0 Å². The summed E-state index contributed by atoms with van der Waals surface area (Å²) < 4.78 is 0. The molecule has 98 valence electrons. The summed E-state index contributed by atoms with van der Waals surface area (Å²) >= 11 is 5.93. The fourth-order valence-electron chi connectivity index (χ4n) is 2.39. The van der Waals surface area contributed by atoms with Gasteiger partial charge in [-0.25, -0.2) is 0 Å². The number of hydrogen-bond donors (Lipinski definition) is 2. The number of H-pyrrole nitrogens is 1. The summed E-state index contributed by atoms with van der Waals surface area (Å²) in [6.45, 7) is 0. The summed E-state index contributed by atoms with van der Waals surface area (Å²) in [5, 5.41) is 3.01. The molecule has 1 aliphatic rings. The van der Waals surface area contributed by atoms with Gasteiger partial charge in [-0.3, -0.25) is 9.59 Å². The number of halogens is 1. The molecular weight excluding hydrogens is 252 g/mol. The van der Waals surface area contributed by atoms with Crippen LogP contribution in [0.25, 0.3) is 0 Å². The molecule has 5 heteroatoms. The summed E-state index contributed by atoms with van der Waals surface area (Å²) in [6, 6.07) is 3.04. The SMILES string of the molecule is O=C(NC1CCCCC1CCl)c1ccc(=O)[nH]c1. The van der Waals surface area contributed by atoms with Crippen LogP contribution >= 0.6 is 11.6 Å². The Balaban J connectivity index is 2.01. The van der Waals surface area contributed by atoms with Gasteiger partial charge in [-0.15, -0.1) is 11.6 Å². The van der Waals surface area contributed by atoms with Gasteiger partial charge < -0.3 is 10.3 Å². The Kier molecular flexibility index (Phi) is 4.42. The molecular formula is C13H17ClN2O2. The Morgan fingerprint density at radius 1 is 1.39 bits per heavy atom. The van der Waals surface area contributed by atoms with Gasteiger partial charge in [-0.1, -0.05) is 12.8 Å². The number of carbonyl (C=O) groups is 1. The fraction of sp³-hybridized carbons (Fsp3) is 0.538. The first-order valence-corrected chi connectivity index (χ1v) is 6.79. The molecule has 1 aromatic heterocycles. The molecule has 2 atom stereocenters. The lowest BCUT2D eigenvalue weighted by Crippen LogP contribution is -2.42. The van der Waals surface area contributed by atoms with E-state index in [0.29, 0.717) is 17.4 Å². The first kappa shape index (κ1) is 13.1. The molecule has 0 aromatic carbocycles. The van der Waals surface area contributed by atoms with E-state index >= 15 is 0 Å². The second kappa shape index (κ2) is 6.05. The minimum absolute atomic E-state index is 0.145. The van der Waals surface area contributed by atoms with Gasteiger partial charge in [-0.05, 0) is 24.8 Å². The minimum atomic E-state index is -0.206. The minimum Gasteiger partial charge on any atom is -0.349 e. The molecule has 18 heavy (non-hydrogen) atoms. The summed E-state index contributed by atoms with van der Waals surface area (Å²) in [5.74, 6) is 0.789. The average molecular weight is 269 g/mol. The largest absolute Gasteiger partial charge is 0.349 e. The van der Waals surface area contributed by atoms with Crippen LogP contribution in [0.1, 0.15) is 36.0 Å². The third kappa shape index (κ3) is 3.13. The van der Waals surface area contributed by atoms with Crippen molar-refractivity contribution >= 4 is 17.5 Å². The smallest absolute Gasteiger partial charge is 0.252 e. The van der Waals surface area contributed by atoms with Crippen LogP contribution in [-0.4, -0.2) is 22.8 Å². The van der Waals surface area contributed by atoms with Crippen molar-refractivity contribution in [1.29, 1.82) is 0 Å². The summed E-state index contributed by atoms with van der Waals surface area (Å²) in [7, 11) is 0. The highest BCUT2D eigenvalue weighted by atomic mass is 35.5. The maximum Gasteiger partial charge on any atom is 0.252 e. The molecule has 2 unspecified atom stereocenters. The van der Waals surface area contributed by atoms with E-state index in [1.165, 1.54) is 24.8 Å². The number of pyridine rings is 1. The molecule has 4 nitrogen and oxygen atoms in total. The summed E-state index contributed by atoms with van der Waals surface area (Å²) in [6.07, 6.45) is 5.80. The summed E-state index contributed by atoms with van der Waals surface area (Å²) in [4.78, 5) is 25.4. The highest BCUT2D eigenvalue weighted by molar-refractivity contribution is 6.18. The summed E-state index contributed by atoms with van der Waals surface area (Å²) in [5.41, 5.74) is 0.274. The normalized spacial score (nSPS) is 23.6. The zero-order valence-electron chi connectivity index (χ0n) is 10.1. The van der Waals surface area contributed by atoms with E-state index in [1.807, 2.05) is 0 Å². The molecule has 2 rings (SSSR count). The van der Waals surface area contributed by atoms with Gasteiger partial charge in [0.05, 0.1) is 5.56 Å². The van der Waals surface area contributed by atoms with Crippen molar-refractivity contribution in [3.05, 3.63) is 34.2 Å². The topological polar surface area (TPSA) is 62.0 Å². The van der Waals surface area contributed by atoms with E-state index < -0.39 is 0 Å². The Morgan fingerprint density at radius 2 is 2.17 bits per heavy atom. The lowest BCUT2D eigenvalue weighted by Gasteiger charge is -2.30. The zero-order valence-corrected chi connectivity index (χ0v) is 10.9. The van der Waals surface area contributed by atoms with Crippen LogP contribution in [0, 0.1) is 5.92 Å². The van der Waals surface area contributed by atoms with Gasteiger partial charge in [0.1, 0.15) is 0 Å². The molecule has 1 aromatic rings. The van der Waals surface area contributed by atoms with Gasteiger partial charge in [0.25, 0.3) is 5.91 Å². The van der Waals surface area contributed by atoms with Crippen molar-refractivity contribution in [3.8, 4) is 0 Å². The molecule has 2 N–H and O–H groups in total. The van der Waals surface area contributed by atoms with Crippen molar-refractivity contribution < 1.29 is 4.79 Å². The van der Waals surface area contributed by atoms with E-state index in [9.17, 15) is 9.59 Å². The molecule has 1 fully saturated rings. The van der Waals surface area contributed by atoms with E-state index in [0.717, 1.165) is 19.3 Å². The second-order valence-electron chi connectivity index (χ2n) is 4.72. The maximum atomic E-state index is 12.0. The molecule has 0 bridgehead atoms. The predicted octanol–water partition coefficient (Wildman–Crippen LogP) is 1.90. The molecule has 1 amide bonds. The molecule has 0 saturated heterocycles. The standard InChI is InChI=1S/C13H17ClN2O2/c14-7-9-3-1-2-4-11(9)16-13(18)10-5-6-12(17)15-8-10/h5-6,8-9,11H,1-4,7H2,(H,15,17)(H,16,18). The van der Waals surface area contributed by atoms with Crippen molar-refractivity contribution in [2.45, 2.75) is 31.7 Å². The Morgan fingerprint density at radius 3 is 2.83 bits per heavy atom. The number of rotatable bonds is 3. The van der Waals surface area contributed by atoms with E-state index in [2.05, 4.69) is 10.3 Å². The first-order chi connectivity index (χ1) is 8.70. The van der Waals surface area contributed by atoms with Crippen LogP contribution in [0.2, 0.25) is 0 Å². The highest BCUT2D eigenvalue weighted by Crippen LogP contribution is 2.25. The van der Waals surface area contributed by atoms with Gasteiger partial charge in [0.15, 0.2) is 0 Å². The van der Waals surface area contributed by atoms with Crippen LogP contribution < -0.4 is 10.9 Å². The molecule has 0 aliphatic heterocycles. The van der Waals surface area contributed by atoms with Crippen LogP contribution in [0.5, 0.6) is 0 Å². The van der Waals surface area contributed by atoms with Crippen LogP contribution in [-0.2, 0) is 0 Å². The van der Waals surface area contributed by atoms with E-state index in [4.69, 9.17) is 11.6 Å². The van der Waals surface area contributed by atoms with E-state index in [1.54, 1.807) is 0 Å². The van der Waals surface area contributed by atoms with Crippen LogP contribution in [0.4, 0.5) is 0 Å². The third-order valence-electron chi connectivity index (χ3n) is 3.47. The molecule has 1 saturated carbocycles. The highest BCUT2D eigenvalue weighted by Gasteiger charge is 2.25. The Hall–Kier alpha value is -1.29. The number of carbonyl (C=O) groups excluding carboxylic acids is 1. The lowest BCUT2D eigenvalue weighted by molar-refractivity contribution is 0.0910. The van der Waals surface area contributed by atoms with Crippen LogP contribution in [0.15, 0.2) is 23.1 Å². The Labute approximate surface area is 111 Å². The number of aromatic amines is 1. The number of hydrogen-bond acceptors (Lipinski definition) is 2. The van der Waals surface area contributed by atoms with Gasteiger partial charge in [0.2, 0.25) is 5.56 Å². The zero-order chi connectivity index (χ0) is 13.0. The molecule has 0 radical (unpaired) electrons. The lowest BCUT2D eigenvalue weighted by atomic mass is 9.85. The van der Waals surface area contributed by atoms with Crippen molar-refractivity contribution in [2.75, 3.05) is 5.88 Å². The molecule has 1 heterocycles. The number of amides is 1. The number of alkyl halides is 1. The van der Waals surface area contributed by atoms with Crippen molar-refractivity contribution in [3.63, 3.8) is 0 Å². The monoisotopic (exact) mass is 268 g/mol. The first-order valence-electron chi connectivity index (χ1n) is 6.26. The van der Waals surface area contributed by atoms with Gasteiger partial charge in [0, 0.05) is 24.2 Å². The maximum absolute atomic E-state index is 12.0. The quantitative estimate of drug-likeness (QED) is 0.823. The fourth-order valence-corrected chi connectivity index (χ4v) is 2.76. The number of aromatic nitrogens is 1. The third-order valence-corrected chi connectivity index (χ3v) is 3.87. The second-order valence-corrected chi connectivity index (χ2v) is 5.03. The Bertz CT molecular complexity index is 452. The predicted molar refractivity (Wildman–Crippen MR) is 71.0 cm³/mol. The van der Waals surface area contributed by atoms with Crippen molar-refractivity contribution in [1.82, 2.24) is 10.3 Å².